The second-order valence-electron chi connectivity index (χ2n) is 4.80. The smallest absolute Gasteiger partial charge is 0.265 e. The van der Waals surface area contributed by atoms with Crippen molar-refractivity contribution in [3.8, 4) is 5.75 Å². The molecule has 0 spiro atoms. The highest BCUT2D eigenvalue weighted by Crippen LogP contribution is 2.43. The Morgan fingerprint density at radius 2 is 2.11 bits per heavy atom. The van der Waals surface area contributed by atoms with Crippen LogP contribution in [0.1, 0.15) is 36.9 Å². The first-order chi connectivity index (χ1) is 8.88. The zero-order valence-electron chi connectivity index (χ0n) is 12.2. The largest absolute Gasteiger partial charge is 0.486 e. The average Bonchev–Trinajstić information content (AvgIpc) is 2.63. The molecule has 0 saturated heterocycles. The van der Waals surface area contributed by atoms with Gasteiger partial charge in [-0.25, -0.2) is 0 Å². The molecule has 6 heteroatoms. The lowest BCUT2D eigenvalue weighted by Crippen LogP contribution is -2.21. The number of anilines is 2. The number of carbonyl (C=O) groups excluding carboxylic acids is 1. The summed E-state index contributed by atoms with van der Waals surface area (Å²) in [6, 6.07) is 0. The Labute approximate surface area is 118 Å². The van der Waals surface area contributed by atoms with Crippen molar-refractivity contribution in [1.82, 2.24) is 4.90 Å². The number of rotatable bonds is 6. The summed E-state index contributed by atoms with van der Waals surface area (Å²) in [4.78, 5) is 14.1. The Morgan fingerprint density at radius 1 is 1.47 bits per heavy atom. The molecule has 3 N–H and O–H groups in total. The highest BCUT2D eigenvalue weighted by atomic mass is 32.1. The molecule has 19 heavy (non-hydrogen) atoms. The van der Waals surface area contributed by atoms with Gasteiger partial charge in [0.1, 0.15) is 15.6 Å². The van der Waals surface area contributed by atoms with Crippen LogP contribution in [-0.2, 0) is 0 Å². The minimum atomic E-state index is -0.0966. The summed E-state index contributed by atoms with van der Waals surface area (Å²) < 4.78 is 5.74. The maximum atomic E-state index is 12.1. The van der Waals surface area contributed by atoms with Gasteiger partial charge in [-0.05, 0) is 20.3 Å². The second kappa shape index (κ2) is 6.65. The summed E-state index contributed by atoms with van der Waals surface area (Å²) in [7, 11) is 3.42. The third-order valence-corrected chi connectivity index (χ3v) is 3.52. The standard InChI is InChI=1S/C13H23N3O2S/c1-6-7-15-12-10(18-8(2)3)9(14)11(19-12)13(17)16(4)5/h8,15H,6-7,14H2,1-5H3. The normalized spacial score (nSPS) is 10.6. The molecule has 0 aliphatic rings. The minimum absolute atomic E-state index is 0.0152. The number of nitrogens with two attached hydrogens (primary N) is 1. The Bertz CT molecular complexity index is 441. The topological polar surface area (TPSA) is 67.6 Å². The van der Waals surface area contributed by atoms with Gasteiger partial charge >= 0.3 is 0 Å². The van der Waals surface area contributed by atoms with E-state index in [2.05, 4.69) is 12.2 Å². The van der Waals surface area contributed by atoms with Gasteiger partial charge in [0.2, 0.25) is 0 Å². The molecule has 0 aromatic carbocycles. The van der Waals surface area contributed by atoms with Gasteiger partial charge in [-0.3, -0.25) is 4.79 Å². The van der Waals surface area contributed by atoms with Gasteiger partial charge in [0, 0.05) is 20.6 Å². The van der Waals surface area contributed by atoms with Crippen LogP contribution in [0.15, 0.2) is 0 Å². The molecule has 0 atom stereocenters. The molecule has 5 nitrogen and oxygen atoms in total. The molecule has 0 aliphatic carbocycles. The maximum absolute atomic E-state index is 12.1. The molecular formula is C13H23N3O2S. The molecule has 0 bridgehead atoms. The summed E-state index contributed by atoms with van der Waals surface area (Å²) in [5.74, 6) is 0.499. The number of nitrogens with one attached hydrogen (secondary N) is 1. The molecule has 0 radical (unpaired) electrons. The van der Waals surface area contributed by atoms with E-state index in [9.17, 15) is 4.79 Å². The van der Waals surface area contributed by atoms with Crippen LogP contribution in [0, 0.1) is 0 Å². The zero-order chi connectivity index (χ0) is 14.6. The number of hydrogen-bond donors (Lipinski definition) is 2. The van der Waals surface area contributed by atoms with Crippen LogP contribution in [0.4, 0.5) is 10.7 Å². The van der Waals surface area contributed by atoms with Crippen molar-refractivity contribution in [3.05, 3.63) is 4.88 Å². The lowest BCUT2D eigenvalue weighted by Gasteiger charge is -2.12. The zero-order valence-corrected chi connectivity index (χ0v) is 13.1. The molecular weight excluding hydrogens is 262 g/mol. The molecule has 1 aromatic rings. The molecule has 0 unspecified atom stereocenters. The predicted octanol–water partition coefficient (Wildman–Crippen LogP) is 2.64. The number of carbonyl (C=O) groups is 1. The second-order valence-corrected chi connectivity index (χ2v) is 5.82. The Balaban J connectivity index is 3.14. The fraction of sp³-hybridized carbons (Fsp3) is 0.615. The van der Waals surface area contributed by atoms with Gasteiger partial charge in [-0.1, -0.05) is 6.92 Å². The summed E-state index contributed by atoms with van der Waals surface area (Å²) in [6.07, 6.45) is 1.01. The van der Waals surface area contributed by atoms with E-state index in [0.29, 0.717) is 16.3 Å². The predicted molar refractivity (Wildman–Crippen MR) is 81.3 cm³/mol. The van der Waals surface area contributed by atoms with E-state index in [0.717, 1.165) is 18.0 Å². The van der Waals surface area contributed by atoms with Crippen molar-refractivity contribution in [1.29, 1.82) is 0 Å². The van der Waals surface area contributed by atoms with Crippen molar-refractivity contribution in [2.75, 3.05) is 31.7 Å². The Morgan fingerprint density at radius 3 is 2.58 bits per heavy atom. The summed E-state index contributed by atoms with van der Waals surface area (Å²) in [6.45, 7) is 6.78. The van der Waals surface area contributed by atoms with Gasteiger partial charge in [0.05, 0.1) is 6.10 Å². The molecule has 1 aromatic heterocycles. The first kappa shape index (κ1) is 15.6. The van der Waals surface area contributed by atoms with Crippen molar-refractivity contribution in [3.63, 3.8) is 0 Å². The van der Waals surface area contributed by atoms with Gasteiger partial charge < -0.3 is 20.7 Å². The van der Waals surface area contributed by atoms with E-state index in [1.54, 1.807) is 14.1 Å². The SMILES string of the molecule is CCCNc1sc(C(=O)N(C)C)c(N)c1OC(C)C. The van der Waals surface area contributed by atoms with Crippen LogP contribution >= 0.6 is 11.3 Å². The molecule has 1 amide bonds. The van der Waals surface area contributed by atoms with Crippen molar-refractivity contribution in [2.24, 2.45) is 0 Å². The first-order valence-corrected chi connectivity index (χ1v) is 7.24. The molecule has 0 saturated carbocycles. The van der Waals surface area contributed by atoms with E-state index < -0.39 is 0 Å². The Hall–Kier alpha value is -1.43. The third kappa shape index (κ3) is 3.76. The first-order valence-electron chi connectivity index (χ1n) is 6.42. The van der Waals surface area contributed by atoms with Crippen molar-refractivity contribution >= 4 is 27.9 Å². The van der Waals surface area contributed by atoms with Crippen LogP contribution < -0.4 is 15.8 Å². The highest BCUT2D eigenvalue weighted by molar-refractivity contribution is 7.19. The number of thiophene rings is 1. The summed E-state index contributed by atoms with van der Waals surface area (Å²) in [5, 5.41) is 4.10. The van der Waals surface area contributed by atoms with Crippen LogP contribution in [0.5, 0.6) is 5.75 Å². The minimum Gasteiger partial charge on any atom is -0.486 e. The molecule has 1 heterocycles. The monoisotopic (exact) mass is 285 g/mol. The van der Waals surface area contributed by atoms with Crippen LogP contribution in [-0.4, -0.2) is 37.6 Å². The van der Waals surface area contributed by atoms with Crippen LogP contribution in [0.25, 0.3) is 0 Å². The number of nitrogen functional groups attached to an aromatic ring is 1. The summed E-state index contributed by atoms with van der Waals surface area (Å²) in [5.41, 5.74) is 6.49. The van der Waals surface area contributed by atoms with Gasteiger partial charge in [0.15, 0.2) is 5.75 Å². The van der Waals surface area contributed by atoms with E-state index in [-0.39, 0.29) is 12.0 Å². The van der Waals surface area contributed by atoms with Crippen LogP contribution in [0.3, 0.4) is 0 Å². The van der Waals surface area contributed by atoms with Crippen molar-refractivity contribution < 1.29 is 9.53 Å². The number of nitrogens with zero attached hydrogens (tertiary/aromatic N) is 1. The maximum Gasteiger partial charge on any atom is 0.265 e. The van der Waals surface area contributed by atoms with E-state index >= 15 is 0 Å². The van der Waals surface area contributed by atoms with E-state index in [1.165, 1.54) is 16.2 Å². The van der Waals surface area contributed by atoms with Gasteiger partial charge in [-0.15, -0.1) is 11.3 Å². The molecule has 1 rings (SSSR count). The average molecular weight is 285 g/mol. The van der Waals surface area contributed by atoms with E-state index in [4.69, 9.17) is 10.5 Å². The number of amides is 1. The Kier molecular flexibility index (Phi) is 5.47. The number of ether oxygens (including phenoxy) is 1. The lowest BCUT2D eigenvalue weighted by atomic mass is 10.3. The van der Waals surface area contributed by atoms with E-state index in [1.807, 2.05) is 13.8 Å². The van der Waals surface area contributed by atoms with Gasteiger partial charge in [0.25, 0.3) is 5.91 Å². The summed E-state index contributed by atoms with van der Waals surface area (Å²) >= 11 is 1.35. The molecule has 0 fully saturated rings. The van der Waals surface area contributed by atoms with Crippen LogP contribution in [0.2, 0.25) is 0 Å². The number of hydrogen-bond acceptors (Lipinski definition) is 5. The van der Waals surface area contributed by atoms with Crippen molar-refractivity contribution in [2.45, 2.75) is 33.3 Å². The van der Waals surface area contributed by atoms with Gasteiger partial charge in [-0.2, -0.15) is 0 Å². The molecule has 108 valence electrons. The lowest BCUT2D eigenvalue weighted by molar-refractivity contribution is 0.0833. The quantitative estimate of drug-likeness (QED) is 0.843. The third-order valence-electron chi connectivity index (χ3n) is 2.39. The highest BCUT2D eigenvalue weighted by Gasteiger charge is 2.23. The molecule has 0 aliphatic heterocycles. The fourth-order valence-electron chi connectivity index (χ4n) is 1.50. The fourth-order valence-corrected chi connectivity index (χ4v) is 2.60.